The quantitative estimate of drug-likeness (QED) is 0.835. The van der Waals surface area contributed by atoms with Crippen molar-refractivity contribution >= 4 is 16.9 Å². The van der Waals surface area contributed by atoms with Crippen LogP contribution in [-0.2, 0) is 11.0 Å². The number of carbonyl (C=O) groups excluding carboxylic acids is 1. The summed E-state index contributed by atoms with van der Waals surface area (Å²) in [5.74, 6) is -0.111. The van der Waals surface area contributed by atoms with E-state index in [0.717, 1.165) is 37.1 Å². The number of aliphatic hydroxyl groups excluding tert-OH is 2. The third-order valence-electron chi connectivity index (χ3n) is 2.96. The first-order chi connectivity index (χ1) is 10.2. The summed E-state index contributed by atoms with van der Waals surface area (Å²) in [6.07, 6.45) is -6.97. The summed E-state index contributed by atoms with van der Waals surface area (Å²) in [6, 6.07) is 2.95. The number of alkyl halides is 3. The van der Waals surface area contributed by atoms with Gasteiger partial charge in [-0.25, -0.2) is 0 Å². The molecule has 0 aromatic heterocycles. The summed E-state index contributed by atoms with van der Waals surface area (Å²) >= 11 is 1.00. The Bertz CT molecular complexity index is 519. The van der Waals surface area contributed by atoms with Gasteiger partial charge in [-0.3, -0.25) is 4.79 Å². The lowest BCUT2D eigenvalue weighted by Crippen LogP contribution is -2.19. The Morgan fingerprint density at radius 2 is 2.00 bits per heavy atom. The number of rotatable bonds is 6. The van der Waals surface area contributed by atoms with Crippen LogP contribution in [0.15, 0.2) is 18.2 Å². The fraction of sp³-hybridized carbons (Fsp3) is 0.500. The molecule has 0 aliphatic heterocycles. The smallest absolute Gasteiger partial charge is 0.419 e. The molecule has 2 atom stereocenters. The number of carbonyl (C=O) groups is 1. The van der Waals surface area contributed by atoms with Crippen LogP contribution in [0.4, 0.5) is 13.2 Å². The van der Waals surface area contributed by atoms with Crippen molar-refractivity contribution < 1.29 is 32.9 Å². The van der Waals surface area contributed by atoms with Gasteiger partial charge in [0.1, 0.15) is 11.9 Å². The highest BCUT2D eigenvalue weighted by atomic mass is 32.2. The fourth-order valence-electron chi connectivity index (χ4n) is 1.83. The highest BCUT2D eigenvalue weighted by Gasteiger charge is 2.34. The van der Waals surface area contributed by atoms with E-state index in [1.165, 1.54) is 6.92 Å². The van der Waals surface area contributed by atoms with Gasteiger partial charge >= 0.3 is 6.18 Å². The van der Waals surface area contributed by atoms with Gasteiger partial charge in [0, 0.05) is 12.7 Å². The third kappa shape index (κ3) is 5.19. The van der Waals surface area contributed by atoms with Crippen LogP contribution in [0.2, 0.25) is 0 Å². The second-order valence-corrected chi connectivity index (χ2v) is 5.87. The molecule has 2 N–H and O–H groups in total. The zero-order valence-corrected chi connectivity index (χ0v) is 12.9. The van der Waals surface area contributed by atoms with E-state index >= 15 is 0 Å². The molecule has 1 aromatic rings. The molecule has 1 rings (SSSR count). The maximum Gasteiger partial charge on any atom is 0.419 e. The normalized spacial score (nSPS) is 14.5. The molecule has 22 heavy (non-hydrogen) atoms. The Morgan fingerprint density at radius 1 is 1.36 bits per heavy atom. The second kappa shape index (κ2) is 7.85. The van der Waals surface area contributed by atoms with Crippen LogP contribution in [0.25, 0.3) is 0 Å². The van der Waals surface area contributed by atoms with Gasteiger partial charge in [0.15, 0.2) is 5.12 Å². The molecule has 4 nitrogen and oxygen atoms in total. The lowest BCUT2D eigenvalue weighted by Gasteiger charge is -2.20. The predicted octanol–water partition coefficient (Wildman–Crippen LogP) is 2.78. The molecule has 0 amide bonds. The van der Waals surface area contributed by atoms with Gasteiger partial charge in [-0.1, -0.05) is 17.8 Å². The average molecular weight is 338 g/mol. The van der Waals surface area contributed by atoms with Gasteiger partial charge in [0.2, 0.25) is 0 Å². The minimum absolute atomic E-state index is 0.113. The Balaban J connectivity index is 2.85. The van der Waals surface area contributed by atoms with Gasteiger partial charge in [-0.2, -0.15) is 13.2 Å². The van der Waals surface area contributed by atoms with Gasteiger partial charge < -0.3 is 14.9 Å². The number of benzene rings is 1. The van der Waals surface area contributed by atoms with Crippen molar-refractivity contribution in [2.75, 3.05) is 12.9 Å². The SMILES string of the molecule is COc1cc(C(O)C(O)CCSC(C)=O)ccc1C(F)(F)F. The van der Waals surface area contributed by atoms with Crippen molar-refractivity contribution in [2.24, 2.45) is 0 Å². The minimum Gasteiger partial charge on any atom is -0.496 e. The number of thioether (sulfide) groups is 1. The molecular formula is C14H17F3O4S. The fourth-order valence-corrected chi connectivity index (χ4v) is 2.48. The minimum atomic E-state index is -4.56. The predicted molar refractivity (Wildman–Crippen MR) is 76.7 cm³/mol. The Hall–Kier alpha value is -1.25. The average Bonchev–Trinajstić information content (AvgIpc) is 2.44. The van der Waals surface area contributed by atoms with E-state index in [1.54, 1.807) is 0 Å². The summed E-state index contributed by atoms with van der Waals surface area (Å²) in [4.78, 5) is 10.8. The molecule has 0 spiro atoms. The molecule has 0 radical (unpaired) electrons. The van der Waals surface area contributed by atoms with Crippen LogP contribution >= 0.6 is 11.8 Å². The Kier molecular flexibility index (Phi) is 6.70. The van der Waals surface area contributed by atoms with Crippen LogP contribution in [-0.4, -0.2) is 34.3 Å². The molecule has 0 bridgehead atoms. The van der Waals surface area contributed by atoms with Crippen LogP contribution in [0.1, 0.15) is 30.6 Å². The molecule has 0 aliphatic rings. The number of hydrogen-bond donors (Lipinski definition) is 2. The molecule has 0 saturated heterocycles. The van der Waals surface area contributed by atoms with E-state index in [2.05, 4.69) is 0 Å². The lowest BCUT2D eigenvalue weighted by molar-refractivity contribution is -0.138. The van der Waals surface area contributed by atoms with Crippen molar-refractivity contribution in [1.29, 1.82) is 0 Å². The highest BCUT2D eigenvalue weighted by Crippen LogP contribution is 2.37. The van der Waals surface area contributed by atoms with E-state index in [0.29, 0.717) is 5.75 Å². The first-order valence-electron chi connectivity index (χ1n) is 6.41. The molecule has 8 heteroatoms. The lowest BCUT2D eigenvalue weighted by atomic mass is 10.0. The van der Waals surface area contributed by atoms with Crippen molar-refractivity contribution in [1.82, 2.24) is 0 Å². The highest BCUT2D eigenvalue weighted by molar-refractivity contribution is 8.13. The number of aliphatic hydroxyl groups is 2. The topological polar surface area (TPSA) is 66.8 Å². The summed E-state index contributed by atoms with van der Waals surface area (Å²) in [6.45, 7) is 1.38. The zero-order valence-electron chi connectivity index (χ0n) is 12.1. The zero-order chi connectivity index (χ0) is 16.9. The summed E-state index contributed by atoms with van der Waals surface area (Å²) < 4.78 is 42.9. The first-order valence-corrected chi connectivity index (χ1v) is 7.40. The number of methoxy groups -OCH3 is 1. The van der Waals surface area contributed by atoms with Crippen LogP contribution < -0.4 is 4.74 Å². The summed E-state index contributed by atoms with van der Waals surface area (Å²) in [5, 5.41) is 19.7. The molecule has 0 aliphatic carbocycles. The van der Waals surface area contributed by atoms with Crippen molar-refractivity contribution in [2.45, 2.75) is 31.7 Å². The maximum atomic E-state index is 12.7. The maximum absolute atomic E-state index is 12.7. The third-order valence-corrected chi connectivity index (χ3v) is 3.80. The van der Waals surface area contributed by atoms with E-state index in [9.17, 15) is 28.2 Å². The van der Waals surface area contributed by atoms with Gasteiger partial charge in [-0.05, 0) is 24.1 Å². The summed E-state index contributed by atoms with van der Waals surface area (Å²) in [7, 11) is 1.10. The molecule has 124 valence electrons. The van der Waals surface area contributed by atoms with Crippen LogP contribution in [0.5, 0.6) is 5.75 Å². The number of ether oxygens (including phenoxy) is 1. The van der Waals surface area contributed by atoms with Crippen molar-refractivity contribution in [3.05, 3.63) is 29.3 Å². The van der Waals surface area contributed by atoms with E-state index in [4.69, 9.17) is 4.74 Å². The second-order valence-electron chi connectivity index (χ2n) is 4.60. The van der Waals surface area contributed by atoms with Crippen LogP contribution in [0, 0.1) is 0 Å². The van der Waals surface area contributed by atoms with E-state index < -0.39 is 29.7 Å². The molecular weight excluding hydrogens is 321 g/mol. The Morgan fingerprint density at radius 3 is 2.50 bits per heavy atom. The number of halogens is 3. The van der Waals surface area contributed by atoms with Gasteiger partial charge in [-0.15, -0.1) is 0 Å². The van der Waals surface area contributed by atoms with Gasteiger partial charge in [0.05, 0.1) is 18.8 Å². The van der Waals surface area contributed by atoms with Gasteiger partial charge in [0.25, 0.3) is 0 Å². The number of hydrogen-bond acceptors (Lipinski definition) is 5. The standard InChI is InChI=1S/C14H17F3O4S/c1-8(18)22-6-5-11(19)13(20)9-3-4-10(14(15,16)17)12(7-9)21-2/h3-4,7,11,13,19-20H,5-6H2,1-2H3. The molecule has 1 aromatic carbocycles. The molecule has 0 saturated carbocycles. The molecule has 2 unspecified atom stereocenters. The van der Waals surface area contributed by atoms with Crippen molar-refractivity contribution in [3.8, 4) is 5.75 Å². The van der Waals surface area contributed by atoms with E-state index in [1.807, 2.05) is 0 Å². The molecule has 0 heterocycles. The van der Waals surface area contributed by atoms with Crippen LogP contribution in [0.3, 0.4) is 0 Å². The first kappa shape index (κ1) is 18.8. The van der Waals surface area contributed by atoms with Crippen molar-refractivity contribution in [3.63, 3.8) is 0 Å². The van der Waals surface area contributed by atoms with E-state index in [-0.39, 0.29) is 17.1 Å². The monoisotopic (exact) mass is 338 g/mol. The Labute approximate surface area is 130 Å². The summed E-state index contributed by atoms with van der Waals surface area (Å²) in [5.41, 5.74) is -0.835. The molecule has 0 fully saturated rings. The largest absolute Gasteiger partial charge is 0.496 e.